The van der Waals surface area contributed by atoms with E-state index < -0.39 is 47.7 Å². The predicted octanol–water partition coefficient (Wildman–Crippen LogP) is 12.5. The molecule has 0 aliphatic heterocycles. The molecule has 0 spiro atoms. The maximum absolute atomic E-state index is 14.1. The number of alkyl halides is 3. The Hall–Kier alpha value is -11.0. The number of carboxylic acid groups (broad SMARTS) is 1. The number of nitrogens with two attached hydrogens (primary N) is 2. The molecule has 0 radical (unpaired) electrons. The highest BCUT2D eigenvalue weighted by atomic mass is 32.2. The van der Waals surface area contributed by atoms with Crippen molar-refractivity contribution in [1.29, 1.82) is 0 Å². The quantitative estimate of drug-likeness (QED) is 0.0129. The normalized spacial score (nSPS) is 11.7. The fourth-order valence-electron chi connectivity index (χ4n) is 12.6. The molecule has 7 aromatic carbocycles. The zero-order valence-corrected chi connectivity index (χ0v) is 58.6. The van der Waals surface area contributed by atoms with Gasteiger partial charge >= 0.3 is 12.1 Å². The summed E-state index contributed by atoms with van der Waals surface area (Å²) in [5.74, 6) is -4.29. The summed E-state index contributed by atoms with van der Waals surface area (Å²) >= 11 is 1.36. The maximum Gasteiger partial charge on any atom is 0.416 e. The number of benzene rings is 7. The van der Waals surface area contributed by atoms with Gasteiger partial charge in [-0.2, -0.15) is 18.2 Å². The van der Waals surface area contributed by atoms with Crippen LogP contribution >= 0.6 is 11.8 Å². The largest absolute Gasteiger partial charge is 0.485 e. The van der Waals surface area contributed by atoms with Gasteiger partial charge < -0.3 is 49.5 Å². The predicted molar refractivity (Wildman–Crippen MR) is 387 cm³/mol. The average Bonchev–Trinajstić information content (AvgIpc) is 1.61. The van der Waals surface area contributed by atoms with Gasteiger partial charge in [-0.3, -0.25) is 33.6 Å². The van der Waals surface area contributed by atoms with E-state index in [1.54, 1.807) is 36.4 Å². The molecule has 1 aliphatic carbocycles. The van der Waals surface area contributed by atoms with E-state index in [2.05, 4.69) is 23.7 Å². The second-order valence-corrected chi connectivity index (χ2v) is 25.4. The number of fused-ring (bicyclic) bond motifs is 3. The van der Waals surface area contributed by atoms with E-state index >= 15 is 0 Å². The molecule has 0 saturated carbocycles. The van der Waals surface area contributed by atoms with Gasteiger partial charge in [0.1, 0.15) is 30.5 Å². The lowest BCUT2D eigenvalue weighted by atomic mass is 10.0. The second kappa shape index (κ2) is 35.1. The number of halogens is 4. The zero-order chi connectivity index (χ0) is 74.1. The van der Waals surface area contributed by atoms with Gasteiger partial charge in [0.15, 0.2) is 17.5 Å². The van der Waals surface area contributed by atoms with Crippen LogP contribution in [-0.2, 0) is 87.8 Å². The molecule has 11 rings (SSSR count). The molecule has 0 fully saturated rings. The fourth-order valence-corrected chi connectivity index (χ4v) is 13.5. The smallest absolute Gasteiger partial charge is 0.416 e. The highest BCUT2D eigenvalue weighted by molar-refractivity contribution is 7.98. The first-order chi connectivity index (χ1) is 49.4. The Morgan fingerprint density at radius 1 is 0.592 bits per heavy atom. The number of nitrogens with zero attached hydrogens (tertiary/aromatic N) is 6. The van der Waals surface area contributed by atoms with E-state index in [0.717, 1.165) is 70.7 Å². The number of carbonyl (C=O) groups excluding carboxylic acids is 6. The standard InChI is InChI=1S/C36H38F4N4O2S.C22H22N2O4.C21H20N2O5/c1-3-42(4-2)20-21-43(22-25-8-12-27(13-9-25)28-14-16-29(17-15-28)36(38,39)40)33(45)23-44-32-7-5-6-31(32)34(46)41-35(44)47-24-26-10-18-30(37)19-11-26;1-3-16-20(21(26)22(23)27)19-17(10-7-11-18(19)28-13-14(2)25)24(16)12-15-8-5-4-6-9-15;1-2-14-19(20(26)21(22)27)18-15(9-6-10-16(18)28-12-17(24)25)23(14)11-13-7-4-3-5-8-13/h8-19H,3-7,20-24H2,1-2H3;4-11H,3,12-13H2,1-2H3,(H2,23,27);3-10H,2,11-12H2,1H3,(H2,22,27)(H,24,25). The molecule has 3 aromatic heterocycles. The summed E-state index contributed by atoms with van der Waals surface area (Å²) in [6.07, 6.45) is -1.23. The summed E-state index contributed by atoms with van der Waals surface area (Å²) in [5, 5.41) is 10.3. The Kier molecular flexibility index (Phi) is 25.9. The van der Waals surface area contributed by atoms with Gasteiger partial charge in [-0.25, -0.2) is 9.18 Å². The number of carbonyl (C=O) groups is 7. The number of thioether (sulfide) groups is 1. The van der Waals surface area contributed by atoms with Crippen molar-refractivity contribution in [3.63, 3.8) is 0 Å². The van der Waals surface area contributed by atoms with Gasteiger partial charge in [-0.1, -0.05) is 161 Å². The van der Waals surface area contributed by atoms with Crippen molar-refractivity contribution in [2.45, 2.75) is 110 Å². The summed E-state index contributed by atoms with van der Waals surface area (Å²) in [4.78, 5) is 106. The number of amides is 3. The molecule has 103 heavy (non-hydrogen) atoms. The van der Waals surface area contributed by atoms with E-state index in [1.165, 1.54) is 43.0 Å². The molecule has 0 unspecified atom stereocenters. The number of Topliss-reactive ketones (excluding diaryl/α,β-unsaturated/α-hetero) is 3. The van der Waals surface area contributed by atoms with Crippen molar-refractivity contribution in [3.8, 4) is 22.6 Å². The van der Waals surface area contributed by atoms with Crippen molar-refractivity contribution < 1.29 is 65.7 Å². The van der Waals surface area contributed by atoms with E-state index in [4.69, 9.17) is 26.0 Å². The molecule has 10 aromatic rings. The molecule has 0 atom stereocenters. The fraction of sp³-hybridized carbons (Fsp3) is 0.278. The monoisotopic (exact) mass is 1420 g/mol. The minimum absolute atomic E-state index is 0.0310. The van der Waals surface area contributed by atoms with Gasteiger partial charge in [-0.15, -0.1) is 0 Å². The van der Waals surface area contributed by atoms with Crippen LogP contribution in [0.1, 0.15) is 112 Å². The van der Waals surface area contributed by atoms with Gasteiger partial charge in [0, 0.05) is 61.1 Å². The van der Waals surface area contributed by atoms with Crippen molar-refractivity contribution in [2.24, 2.45) is 11.5 Å². The number of primary amides is 2. The number of hydrogen-bond donors (Lipinski definition) is 3. The lowest BCUT2D eigenvalue weighted by molar-refractivity contribution is -0.139. The van der Waals surface area contributed by atoms with Crippen molar-refractivity contribution in [3.05, 3.63) is 248 Å². The highest BCUT2D eigenvalue weighted by Gasteiger charge is 2.32. The van der Waals surface area contributed by atoms with Crippen LogP contribution in [0.25, 0.3) is 32.9 Å². The third kappa shape index (κ3) is 19.0. The summed E-state index contributed by atoms with van der Waals surface area (Å²) < 4.78 is 69.4. The number of likely N-dealkylation sites (N-methyl/N-ethyl adjacent to an activating group) is 1. The Balaban J connectivity index is 0.000000190. The number of ketones is 3. The Morgan fingerprint density at radius 2 is 1.09 bits per heavy atom. The third-order valence-electron chi connectivity index (χ3n) is 17.6. The van der Waals surface area contributed by atoms with Gasteiger partial charge in [-0.05, 0) is 134 Å². The summed E-state index contributed by atoms with van der Waals surface area (Å²) in [5.41, 5.74) is 19.7. The minimum atomic E-state index is -4.39. The number of carboxylic acids is 1. The molecule has 0 bridgehead atoms. The van der Waals surface area contributed by atoms with Crippen LogP contribution in [0.15, 0.2) is 180 Å². The second-order valence-electron chi connectivity index (χ2n) is 24.4. The van der Waals surface area contributed by atoms with Crippen LogP contribution in [0, 0.1) is 5.82 Å². The lowest BCUT2D eigenvalue weighted by Gasteiger charge is -2.28. The molecule has 1 aliphatic rings. The van der Waals surface area contributed by atoms with E-state index in [1.807, 2.05) is 130 Å². The van der Waals surface area contributed by atoms with Crippen molar-refractivity contribution in [2.75, 3.05) is 39.4 Å². The Bertz CT molecular complexity index is 4600. The van der Waals surface area contributed by atoms with E-state index in [9.17, 15) is 55.9 Å². The van der Waals surface area contributed by atoms with Gasteiger partial charge in [0.2, 0.25) is 5.91 Å². The Morgan fingerprint density at radius 3 is 1.55 bits per heavy atom. The molecular formula is C79H80F4N8O11S. The number of aliphatic carboxylic acids is 1. The van der Waals surface area contributed by atoms with Crippen LogP contribution < -0.4 is 26.5 Å². The molecule has 3 amide bonds. The third-order valence-corrected chi connectivity index (χ3v) is 18.7. The maximum atomic E-state index is 14.1. The van der Waals surface area contributed by atoms with E-state index in [0.29, 0.717) is 114 Å². The summed E-state index contributed by atoms with van der Waals surface area (Å²) in [6, 6.07) is 48.7. The molecule has 3 heterocycles. The molecular weight excluding hydrogens is 1340 g/mol. The summed E-state index contributed by atoms with van der Waals surface area (Å²) in [7, 11) is 0. The molecule has 536 valence electrons. The topological polar surface area (TPSA) is 261 Å². The van der Waals surface area contributed by atoms with E-state index in [-0.39, 0.29) is 53.1 Å². The first kappa shape index (κ1) is 76.2. The minimum Gasteiger partial charge on any atom is -0.485 e. The summed E-state index contributed by atoms with van der Waals surface area (Å²) in [6.45, 7) is 13.0. The molecule has 24 heteroatoms. The van der Waals surface area contributed by atoms with Crippen LogP contribution in [0.3, 0.4) is 0 Å². The number of aromatic nitrogens is 4. The highest BCUT2D eigenvalue weighted by Crippen LogP contribution is 2.38. The number of hydrogen-bond acceptors (Lipinski definition) is 13. The Labute approximate surface area is 597 Å². The zero-order valence-electron chi connectivity index (χ0n) is 57.8. The van der Waals surface area contributed by atoms with Crippen molar-refractivity contribution in [1.82, 2.24) is 28.5 Å². The number of rotatable bonds is 29. The van der Waals surface area contributed by atoms with Crippen molar-refractivity contribution >= 4 is 74.6 Å². The van der Waals surface area contributed by atoms with Crippen LogP contribution in [-0.4, -0.2) is 114 Å². The van der Waals surface area contributed by atoms with Crippen LogP contribution in [0.2, 0.25) is 0 Å². The SMILES string of the molecule is CCN(CC)CCN(Cc1ccc(-c2ccc(C(F)(F)F)cc2)cc1)C(=O)Cn1c(SCc2ccc(F)cc2)nc(=O)c2c1CCC2.CCc1c(C(=O)C(N)=O)c2c(OCC(=O)O)cccc2n1Cc1ccccc1.CCc1c(C(=O)C(N)=O)c2c(OCC(C)=O)cccc2n1Cc1ccccc1. The lowest BCUT2D eigenvalue weighted by Crippen LogP contribution is -2.40. The number of ether oxygens (including phenoxy) is 2. The van der Waals surface area contributed by atoms with Crippen LogP contribution in [0.4, 0.5) is 17.6 Å². The first-order valence-corrected chi connectivity index (χ1v) is 34.7. The van der Waals surface area contributed by atoms with Crippen LogP contribution in [0.5, 0.6) is 11.5 Å². The first-order valence-electron chi connectivity index (χ1n) is 33.7. The van der Waals surface area contributed by atoms with Gasteiger partial charge in [0.25, 0.3) is 28.9 Å². The molecule has 0 saturated heterocycles. The molecule has 5 N–H and O–H groups in total. The molecule has 19 nitrogen and oxygen atoms in total. The average molecular weight is 1430 g/mol. The van der Waals surface area contributed by atoms with Gasteiger partial charge in [0.05, 0.1) is 38.5 Å².